The normalized spacial score (nSPS) is 10.5. The number of thiazole rings is 1. The standard InChI is InChI=1S/C27H24N4O2S2/c1-3-33-22-11-8-20(9-12-22)24-17-35-27(30-24)31-25(32)14-15-34-26-21(16-28)10-13-23(29-26)19-6-4-18(2)5-7-19/h4-13,17H,3,14-15H2,1-2H3,(H,30,31,32). The molecule has 1 N–H and O–H groups in total. The summed E-state index contributed by atoms with van der Waals surface area (Å²) >= 11 is 2.79. The first-order chi connectivity index (χ1) is 17.1. The predicted molar refractivity (Wildman–Crippen MR) is 142 cm³/mol. The molecule has 0 aliphatic heterocycles. The molecule has 0 saturated carbocycles. The molecule has 0 bridgehead atoms. The fraction of sp³-hybridized carbons (Fsp3) is 0.185. The summed E-state index contributed by atoms with van der Waals surface area (Å²) in [4.78, 5) is 21.7. The number of thioether (sulfide) groups is 1. The summed E-state index contributed by atoms with van der Waals surface area (Å²) in [6.07, 6.45) is 0.282. The van der Waals surface area contributed by atoms with Gasteiger partial charge >= 0.3 is 0 Å². The first kappa shape index (κ1) is 24.5. The van der Waals surface area contributed by atoms with E-state index in [2.05, 4.69) is 21.4 Å². The van der Waals surface area contributed by atoms with Crippen molar-refractivity contribution in [1.82, 2.24) is 9.97 Å². The van der Waals surface area contributed by atoms with E-state index in [1.807, 2.05) is 73.8 Å². The molecule has 4 rings (SSSR count). The van der Waals surface area contributed by atoms with Crippen LogP contribution in [0.3, 0.4) is 0 Å². The molecular formula is C27H24N4O2S2. The summed E-state index contributed by atoms with van der Waals surface area (Å²) in [7, 11) is 0. The number of benzene rings is 2. The minimum Gasteiger partial charge on any atom is -0.494 e. The van der Waals surface area contributed by atoms with Gasteiger partial charge in [-0.25, -0.2) is 9.97 Å². The van der Waals surface area contributed by atoms with Gasteiger partial charge in [-0.15, -0.1) is 23.1 Å². The molecule has 0 spiro atoms. The summed E-state index contributed by atoms with van der Waals surface area (Å²) in [5.74, 6) is 1.19. The van der Waals surface area contributed by atoms with Crippen molar-refractivity contribution >= 4 is 34.1 Å². The molecule has 0 radical (unpaired) electrons. The number of pyridine rings is 1. The number of ether oxygens (including phenoxy) is 1. The highest BCUT2D eigenvalue weighted by molar-refractivity contribution is 7.99. The van der Waals surface area contributed by atoms with E-state index < -0.39 is 0 Å². The Labute approximate surface area is 213 Å². The van der Waals surface area contributed by atoms with Crippen molar-refractivity contribution in [3.05, 3.63) is 77.2 Å². The molecule has 8 heteroatoms. The summed E-state index contributed by atoms with van der Waals surface area (Å²) in [6, 6.07) is 21.6. The maximum atomic E-state index is 12.5. The van der Waals surface area contributed by atoms with Crippen molar-refractivity contribution in [2.45, 2.75) is 25.3 Å². The summed E-state index contributed by atoms with van der Waals surface area (Å²) in [6.45, 7) is 4.61. The van der Waals surface area contributed by atoms with Crippen LogP contribution in [0.1, 0.15) is 24.5 Å². The fourth-order valence-corrected chi connectivity index (χ4v) is 4.94. The lowest BCUT2D eigenvalue weighted by atomic mass is 10.1. The van der Waals surface area contributed by atoms with Gasteiger partial charge in [-0.3, -0.25) is 4.79 Å². The highest BCUT2D eigenvalue weighted by Gasteiger charge is 2.12. The maximum absolute atomic E-state index is 12.5. The molecule has 0 fully saturated rings. The van der Waals surface area contributed by atoms with Gasteiger partial charge in [0.25, 0.3) is 0 Å². The minimum atomic E-state index is -0.127. The topological polar surface area (TPSA) is 87.9 Å². The van der Waals surface area contributed by atoms with Crippen molar-refractivity contribution in [3.8, 4) is 34.3 Å². The molecule has 1 amide bonds. The average molecular weight is 501 g/mol. The van der Waals surface area contributed by atoms with Crippen molar-refractivity contribution < 1.29 is 9.53 Å². The number of aromatic nitrogens is 2. The Hall–Kier alpha value is -3.67. The van der Waals surface area contributed by atoms with Gasteiger partial charge < -0.3 is 10.1 Å². The van der Waals surface area contributed by atoms with E-state index in [9.17, 15) is 10.1 Å². The van der Waals surface area contributed by atoms with E-state index >= 15 is 0 Å². The Bertz CT molecular complexity index is 1340. The van der Waals surface area contributed by atoms with Gasteiger partial charge in [0.15, 0.2) is 5.13 Å². The number of hydrogen-bond donors (Lipinski definition) is 1. The van der Waals surface area contributed by atoms with E-state index in [1.165, 1.54) is 28.7 Å². The van der Waals surface area contributed by atoms with E-state index in [0.29, 0.717) is 28.1 Å². The van der Waals surface area contributed by atoms with Crippen LogP contribution in [-0.4, -0.2) is 28.2 Å². The minimum absolute atomic E-state index is 0.127. The molecule has 0 aliphatic carbocycles. The quantitative estimate of drug-likeness (QED) is 0.261. The number of aryl methyl sites for hydroxylation is 1. The molecule has 2 aromatic heterocycles. The first-order valence-corrected chi connectivity index (χ1v) is 13.0. The van der Waals surface area contributed by atoms with Crippen LogP contribution in [-0.2, 0) is 4.79 Å². The van der Waals surface area contributed by atoms with Gasteiger partial charge in [-0.2, -0.15) is 5.26 Å². The zero-order chi connectivity index (χ0) is 24.6. The number of nitrogens with zero attached hydrogens (tertiary/aromatic N) is 3. The lowest BCUT2D eigenvalue weighted by Crippen LogP contribution is -2.12. The van der Waals surface area contributed by atoms with Crippen molar-refractivity contribution in [3.63, 3.8) is 0 Å². The molecule has 6 nitrogen and oxygen atoms in total. The van der Waals surface area contributed by atoms with E-state index in [-0.39, 0.29) is 12.3 Å². The van der Waals surface area contributed by atoms with Crippen LogP contribution in [0.5, 0.6) is 5.75 Å². The number of hydrogen-bond acceptors (Lipinski definition) is 7. The number of amides is 1. The van der Waals surface area contributed by atoms with Gasteiger partial charge in [-0.05, 0) is 50.2 Å². The highest BCUT2D eigenvalue weighted by atomic mass is 32.2. The Morgan fingerprint density at radius 1 is 1.03 bits per heavy atom. The molecule has 4 aromatic rings. The van der Waals surface area contributed by atoms with Crippen molar-refractivity contribution in [2.24, 2.45) is 0 Å². The van der Waals surface area contributed by atoms with Crippen molar-refractivity contribution in [2.75, 3.05) is 17.7 Å². The third-order valence-corrected chi connectivity index (χ3v) is 6.86. The van der Waals surface area contributed by atoms with Crippen LogP contribution in [0.25, 0.3) is 22.5 Å². The summed E-state index contributed by atoms with van der Waals surface area (Å²) in [5, 5.41) is 15.4. The van der Waals surface area contributed by atoms with Crippen LogP contribution in [0.2, 0.25) is 0 Å². The number of carbonyl (C=O) groups is 1. The molecule has 2 heterocycles. The molecule has 0 saturated heterocycles. The van der Waals surface area contributed by atoms with Crippen LogP contribution in [0.15, 0.2) is 71.1 Å². The molecule has 0 atom stereocenters. The number of rotatable bonds is 9. The number of nitrogens with one attached hydrogen (secondary N) is 1. The number of nitriles is 1. The maximum Gasteiger partial charge on any atom is 0.226 e. The monoisotopic (exact) mass is 500 g/mol. The lowest BCUT2D eigenvalue weighted by molar-refractivity contribution is -0.115. The smallest absolute Gasteiger partial charge is 0.226 e. The highest BCUT2D eigenvalue weighted by Crippen LogP contribution is 2.28. The van der Waals surface area contributed by atoms with Crippen LogP contribution >= 0.6 is 23.1 Å². The second-order valence-electron chi connectivity index (χ2n) is 7.67. The van der Waals surface area contributed by atoms with Crippen LogP contribution in [0, 0.1) is 18.3 Å². The lowest BCUT2D eigenvalue weighted by Gasteiger charge is -2.07. The molecule has 35 heavy (non-hydrogen) atoms. The summed E-state index contributed by atoms with van der Waals surface area (Å²) in [5.41, 5.74) is 5.25. The van der Waals surface area contributed by atoms with Gasteiger partial charge in [-0.1, -0.05) is 29.8 Å². The zero-order valence-corrected chi connectivity index (χ0v) is 21.1. The largest absolute Gasteiger partial charge is 0.494 e. The van der Waals surface area contributed by atoms with Crippen molar-refractivity contribution in [1.29, 1.82) is 5.26 Å². The van der Waals surface area contributed by atoms with E-state index in [1.54, 1.807) is 6.07 Å². The van der Waals surface area contributed by atoms with E-state index in [4.69, 9.17) is 4.74 Å². The molecule has 0 unspecified atom stereocenters. The zero-order valence-electron chi connectivity index (χ0n) is 19.4. The molecule has 176 valence electrons. The fourth-order valence-electron chi connectivity index (χ4n) is 3.30. The second-order valence-corrected chi connectivity index (χ2v) is 9.61. The number of carbonyl (C=O) groups excluding carboxylic acids is 1. The third kappa shape index (κ3) is 6.47. The molecular weight excluding hydrogens is 476 g/mol. The van der Waals surface area contributed by atoms with Crippen LogP contribution < -0.4 is 10.1 Å². The predicted octanol–water partition coefficient (Wildman–Crippen LogP) is 6.57. The molecule has 0 aliphatic rings. The Balaban J connectivity index is 1.34. The van der Waals surface area contributed by atoms with E-state index in [0.717, 1.165) is 28.3 Å². The average Bonchev–Trinajstić information content (AvgIpc) is 3.33. The Kier molecular flexibility index (Phi) is 8.14. The van der Waals surface area contributed by atoms with Gasteiger partial charge in [0.2, 0.25) is 5.91 Å². The second kappa shape index (κ2) is 11.6. The third-order valence-electron chi connectivity index (χ3n) is 5.11. The van der Waals surface area contributed by atoms with Gasteiger partial charge in [0, 0.05) is 28.7 Å². The first-order valence-electron chi connectivity index (χ1n) is 11.2. The number of anilines is 1. The SMILES string of the molecule is CCOc1ccc(-c2csc(NC(=O)CCSc3nc(-c4ccc(C)cc4)ccc3C#N)n2)cc1. The Morgan fingerprint density at radius 3 is 2.46 bits per heavy atom. The van der Waals surface area contributed by atoms with Crippen LogP contribution in [0.4, 0.5) is 5.13 Å². The van der Waals surface area contributed by atoms with Gasteiger partial charge in [0.05, 0.1) is 23.6 Å². The summed E-state index contributed by atoms with van der Waals surface area (Å²) < 4.78 is 5.47. The molecule has 2 aromatic carbocycles. The Morgan fingerprint density at radius 2 is 1.74 bits per heavy atom. The van der Waals surface area contributed by atoms with Gasteiger partial charge in [0.1, 0.15) is 16.8 Å².